The summed E-state index contributed by atoms with van der Waals surface area (Å²) >= 11 is 0. The maximum atomic E-state index is 12.2. The third kappa shape index (κ3) is 2.91. The average molecular weight is 265 g/mol. The van der Waals surface area contributed by atoms with E-state index in [9.17, 15) is 9.59 Å². The Kier molecular flexibility index (Phi) is 3.48. The fourth-order valence-corrected chi connectivity index (χ4v) is 3.35. The van der Waals surface area contributed by atoms with Crippen LogP contribution in [0.25, 0.3) is 0 Å². The van der Waals surface area contributed by atoms with Gasteiger partial charge in [-0.3, -0.25) is 9.59 Å². The van der Waals surface area contributed by atoms with Crippen molar-refractivity contribution in [3.05, 3.63) is 0 Å². The standard InChI is InChI=1S/C14H23N3O2/c15-10-3-1-2-9(6-10)14(19)16-11-7-13(18)17(8-11)12-4-5-12/h9-12H,1-8,15H2,(H,16,19). The Labute approximate surface area is 113 Å². The van der Waals surface area contributed by atoms with Crippen molar-refractivity contribution >= 4 is 11.8 Å². The number of rotatable bonds is 3. The molecule has 3 aliphatic rings. The molecule has 0 spiro atoms. The number of carbonyl (C=O) groups is 2. The maximum Gasteiger partial charge on any atom is 0.225 e. The monoisotopic (exact) mass is 265 g/mol. The van der Waals surface area contributed by atoms with Crippen LogP contribution in [0.5, 0.6) is 0 Å². The predicted octanol–water partition coefficient (Wildman–Crippen LogP) is 0.383. The molecular formula is C14H23N3O2. The lowest BCUT2D eigenvalue weighted by Gasteiger charge is -2.26. The largest absolute Gasteiger partial charge is 0.351 e. The van der Waals surface area contributed by atoms with Crippen LogP contribution in [0.1, 0.15) is 44.9 Å². The van der Waals surface area contributed by atoms with E-state index in [0.29, 0.717) is 19.0 Å². The zero-order chi connectivity index (χ0) is 13.4. The lowest BCUT2D eigenvalue weighted by molar-refractivity contribution is -0.128. The minimum Gasteiger partial charge on any atom is -0.351 e. The third-order valence-electron chi connectivity index (χ3n) is 4.58. The Bertz CT molecular complexity index is 381. The number of hydrogen-bond acceptors (Lipinski definition) is 3. The first kappa shape index (κ1) is 12.9. The first-order chi connectivity index (χ1) is 9.13. The first-order valence-corrected chi connectivity index (χ1v) is 7.49. The number of carbonyl (C=O) groups excluding carboxylic acids is 2. The molecule has 5 nitrogen and oxygen atoms in total. The van der Waals surface area contributed by atoms with Gasteiger partial charge in [0.1, 0.15) is 0 Å². The normalized spacial score (nSPS) is 35.5. The van der Waals surface area contributed by atoms with Crippen LogP contribution in [-0.2, 0) is 9.59 Å². The van der Waals surface area contributed by atoms with Gasteiger partial charge in [0.25, 0.3) is 0 Å². The van der Waals surface area contributed by atoms with Crippen LogP contribution >= 0.6 is 0 Å². The van der Waals surface area contributed by atoms with Crippen LogP contribution in [0.4, 0.5) is 0 Å². The highest BCUT2D eigenvalue weighted by Gasteiger charge is 2.40. The van der Waals surface area contributed by atoms with Crippen molar-refractivity contribution in [3.63, 3.8) is 0 Å². The summed E-state index contributed by atoms with van der Waals surface area (Å²) < 4.78 is 0. The molecule has 1 aliphatic heterocycles. The van der Waals surface area contributed by atoms with Crippen LogP contribution in [0, 0.1) is 5.92 Å². The average Bonchev–Trinajstić information content (AvgIpc) is 3.14. The maximum absolute atomic E-state index is 12.2. The summed E-state index contributed by atoms with van der Waals surface area (Å²) in [6.07, 6.45) is 6.53. The number of nitrogens with zero attached hydrogens (tertiary/aromatic N) is 1. The van der Waals surface area contributed by atoms with Gasteiger partial charge in [-0.2, -0.15) is 0 Å². The van der Waals surface area contributed by atoms with E-state index in [4.69, 9.17) is 5.73 Å². The fourth-order valence-electron chi connectivity index (χ4n) is 3.35. The molecule has 3 N–H and O–H groups in total. The molecule has 5 heteroatoms. The minimum absolute atomic E-state index is 0.0127. The first-order valence-electron chi connectivity index (χ1n) is 7.49. The van der Waals surface area contributed by atoms with Crippen LogP contribution in [0.3, 0.4) is 0 Å². The zero-order valence-electron chi connectivity index (χ0n) is 11.3. The summed E-state index contributed by atoms with van der Waals surface area (Å²) in [5, 5.41) is 3.06. The molecule has 0 aromatic carbocycles. The summed E-state index contributed by atoms with van der Waals surface area (Å²) in [4.78, 5) is 26.0. The van der Waals surface area contributed by atoms with E-state index in [2.05, 4.69) is 5.32 Å². The molecule has 2 amide bonds. The Morgan fingerprint density at radius 1 is 1.26 bits per heavy atom. The van der Waals surface area contributed by atoms with Crippen molar-refractivity contribution in [1.82, 2.24) is 10.2 Å². The highest BCUT2D eigenvalue weighted by molar-refractivity contribution is 5.83. The number of nitrogens with one attached hydrogen (secondary N) is 1. The lowest BCUT2D eigenvalue weighted by Crippen LogP contribution is -2.43. The van der Waals surface area contributed by atoms with Crippen molar-refractivity contribution in [2.45, 2.75) is 63.1 Å². The van der Waals surface area contributed by atoms with Crippen molar-refractivity contribution < 1.29 is 9.59 Å². The van der Waals surface area contributed by atoms with Gasteiger partial charge < -0.3 is 16.0 Å². The molecule has 0 bridgehead atoms. The topological polar surface area (TPSA) is 75.4 Å². The highest BCUT2D eigenvalue weighted by atomic mass is 16.2. The number of nitrogens with two attached hydrogens (primary N) is 1. The van der Waals surface area contributed by atoms with Gasteiger partial charge in [0.15, 0.2) is 0 Å². The Hall–Kier alpha value is -1.10. The predicted molar refractivity (Wildman–Crippen MR) is 71.2 cm³/mol. The molecule has 2 aliphatic carbocycles. The van der Waals surface area contributed by atoms with E-state index in [1.54, 1.807) is 0 Å². The second-order valence-electron chi connectivity index (χ2n) is 6.31. The van der Waals surface area contributed by atoms with Crippen LogP contribution in [-0.4, -0.2) is 41.4 Å². The molecular weight excluding hydrogens is 242 g/mol. The summed E-state index contributed by atoms with van der Waals surface area (Å²) in [5.74, 6) is 0.354. The molecule has 2 saturated carbocycles. The highest BCUT2D eigenvalue weighted by Crippen LogP contribution is 2.31. The van der Waals surface area contributed by atoms with Gasteiger partial charge in [-0.25, -0.2) is 0 Å². The van der Waals surface area contributed by atoms with Crippen LogP contribution < -0.4 is 11.1 Å². The van der Waals surface area contributed by atoms with Gasteiger partial charge >= 0.3 is 0 Å². The summed E-state index contributed by atoms with van der Waals surface area (Å²) in [5.41, 5.74) is 5.92. The summed E-state index contributed by atoms with van der Waals surface area (Å²) in [7, 11) is 0. The van der Waals surface area contributed by atoms with E-state index < -0.39 is 0 Å². The molecule has 0 aromatic heterocycles. The molecule has 19 heavy (non-hydrogen) atoms. The van der Waals surface area contributed by atoms with E-state index in [0.717, 1.165) is 38.5 Å². The van der Waals surface area contributed by atoms with Crippen molar-refractivity contribution in [2.75, 3.05) is 6.54 Å². The number of likely N-dealkylation sites (tertiary alicyclic amines) is 1. The molecule has 3 fully saturated rings. The molecule has 1 heterocycles. The zero-order valence-corrected chi connectivity index (χ0v) is 11.3. The van der Waals surface area contributed by atoms with Crippen LogP contribution in [0.2, 0.25) is 0 Å². The van der Waals surface area contributed by atoms with Crippen molar-refractivity contribution in [1.29, 1.82) is 0 Å². The second kappa shape index (κ2) is 5.12. The molecule has 106 valence electrons. The summed E-state index contributed by atoms with van der Waals surface area (Å²) in [6, 6.07) is 0.633. The molecule has 1 saturated heterocycles. The molecule has 0 radical (unpaired) electrons. The Morgan fingerprint density at radius 2 is 2.05 bits per heavy atom. The van der Waals surface area contributed by atoms with Gasteiger partial charge in [0, 0.05) is 31.0 Å². The van der Waals surface area contributed by atoms with Crippen molar-refractivity contribution in [2.24, 2.45) is 11.7 Å². The van der Waals surface area contributed by atoms with Gasteiger partial charge in [0.05, 0.1) is 6.04 Å². The number of amides is 2. The second-order valence-corrected chi connectivity index (χ2v) is 6.31. The molecule has 3 rings (SSSR count). The van der Waals surface area contributed by atoms with E-state index in [1.165, 1.54) is 0 Å². The van der Waals surface area contributed by atoms with Crippen molar-refractivity contribution in [3.8, 4) is 0 Å². The van der Waals surface area contributed by atoms with Gasteiger partial charge in [-0.1, -0.05) is 6.42 Å². The molecule has 3 unspecified atom stereocenters. The van der Waals surface area contributed by atoms with E-state index in [-0.39, 0.29) is 29.8 Å². The van der Waals surface area contributed by atoms with E-state index in [1.807, 2.05) is 4.90 Å². The smallest absolute Gasteiger partial charge is 0.225 e. The number of hydrogen-bond donors (Lipinski definition) is 2. The van der Waals surface area contributed by atoms with Gasteiger partial charge in [-0.05, 0) is 32.1 Å². The van der Waals surface area contributed by atoms with Gasteiger partial charge in [0.2, 0.25) is 11.8 Å². The van der Waals surface area contributed by atoms with Gasteiger partial charge in [-0.15, -0.1) is 0 Å². The Morgan fingerprint density at radius 3 is 2.74 bits per heavy atom. The van der Waals surface area contributed by atoms with Crippen LogP contribution in [0.15, 0.2) is 0 Å². The third-order valence-corrected chi connectivity index (χ3v) is 4.58. The summed E-state index contributed by atoms with van der Waals surface area (Å²) in [6.45, 7) is 0.702. The SMILES string of the molecule is NC1CCCC(C(=O)NC2CC(=O)N(C3CC3)C2)C1. The molecule has 0 aromatic rings. The quantitative estimate of drug-likeness (QED) is 0.775. The lowest BCUT2D eigenvalue weighted by atomic mass is 9.85. The minimum atomic E-state index is 0.0127. The van der Waals surface area contributed by atoms with E-state index >= 15 is 0 Å². The molecule has 3 atom stereocenters. The Balaban J connectivity index is 1.51. The fraction of sp³-hybridized carbons (Fsp3) is 0.857.